The predicted molar refractivity (Wildman–Crippen MR) is 113 cm³/mol. The lowest BCUT2D eigenvalue weighted by Gasteiger charge is -2.21. The molecular weight excluding hydrogens is 364 g/mol. The Morgan fingerprint density at radius 3 is 2.30 bits per heavy atom. The lowest BCUT2D eigenvalue weighted by molar-refractivity contribution is 0.224. The zero-order chi connectivity index (χ0) is 19.6. The van der Waals surface area contributed by atoms with E-state index in [2.05, 4.69) is 21.1 Å². The number of hydrogen-bond donors (Lipinski definition) is 0. The summed E-state index contributed by atoms with van der Waals surface area (Å²) in [5.74, 6) is 0. The van der Waals surface area contributed by atoms with Crippen LogP contribution in [0.3, 0.4) is 0 Å². The SMILES string of the molecule is C=CSN(Cc1ccc(C2=NN=C(C(F)F)C2)cc1)c1ccccc1.CC. The van der Waals surface area contributed by atoms with Crippen LogP contribution in [0.25, 0.3) is 0 Å². The Kier molecular flexibility index (Phi) is 8.20. The van der Waals surface area contributed by atoms with Gasteiger partial charge >= 0.3 is 0 Å². The van der Waals surface area contributed by atoms with Gasteiger partial charge in [0.05, 0.1) is 12.3 Å². The molecule has 0 spiro atoms. The van der Waals surface area contributed by atoms with Crippen molar-refractivity contribution >= 4 is 29.1 Å². The van der Waals surface area contributed by atoms with Crippen molar-refractivity contribution in [3.8, 4) is 0 Å². The molecule has 0 saturated carbocycles. The molecule has 0 bridgehead atoms. The highest BCUT2D eigenvalue weighted by atomic mass is 32.2. The number of alkyl halides is 2. The van der Waals surface area contributed by atoms with Crippen LogP contribution in [-0.2, 0) is 6.54 Å². The number of halogens is 2. The summed E-state index contributed by atoms with van der Waals surface area (Å²) in [6, 6.07) is 17.8. The summed E-state index contributed by atoms with van der Waals surface area (Å²) >= 11 is 1.53. The van der Waals surface area contributed by atoms with Gasteiger partial charge in [0, 0.05) is 12.1 Å². The van der Waals surface area contributed by atoms with Crippen molar-refractivity contribution in [3.05, 3.63) is 77.7 Å². The fraction of sp³-hybridized carbons (Fsp3) is 0.238. The first-order chi connectivity index (χ1) is 13.2. The average Bonchev–Trinajstić information content (AvgIpc) is 3.21. The van der Waals surface area contributed by atoms with Crippen LogP contribution in [0.2, 0.25) is 0 Å². The Labute approximate surface area is 163 Å². The van der Waals surface area contributed by atoms with Gasteiger partial charge in [-0.05, 0) is 40.6 Å². The van der Waals surface area contributed by atoms with Crippen molar-refractivity contribution in [1.82, 2.24) is 0 Å². The highest BCUT2D eigenvalue weighted by Crippen LogP contribution is 2.25. The molecule has 2 aromatic carbocycles. The van der Waals surface area contributed by atoms with E-state index in [9.17, 15) is 8.78 Å². The van der Waals surface area contributed by atoms with Gasteiger partial charge in [-0.1, -0.05) is 62.9 Å². The molecule has 1 heterocycles. The van der Waals surface area contributed by atoms with Crippen molar-refractivity contribution in [2.75, 3.05) is 4.31 Å². The van der Waals surface area contributed by atoms with E-state index in [1.807, 2.05) is 68.4 Å². The number of nitrogens with zero attached hydrogens (tertiary/aromatic N) is 3. The van der Waals surface area contributed by atoms with Gasteiger partial charge < -0.3 is 4.31 Å². The minimum atomic E-state index is -2.55. The first-order valence-electron chi connectivity index (χ1n) is 8.78. The van der Waals surface area contributed by atoms with Gasteiger partial charge in [-0.3, -0.25) is 0 Å². The summed E-state index contributed by atoms with van der Waals surface area (Å²) in [5, 5.41) is 9.22. The summed E-state index contributed by atoms with van der Waals surface area (Å²) in [7, 11) is 0. The maximum atomic E-state index is 12.7. The number of benzene rings is 2. The second-order valence-corrected chi connectivity index (χ2v) is 6.44. The first kappa shape index (κ1) is 20.8. The summed E-state index contributed by atoms with van der Waals surface area (Å²) in [5.41, 5.74) is 3.44. The second-order valence-electron chi connectivity index (χ2n) is 5.46. The molecule has 0 aromatic heterocycles. The Morgan fingerprint density at radius 2 is 1.74 bits per heavy atom. The van der Waals surface area contributed by atoms with Gasteiger partial charge in [-0.2, -0.15) is 10.2 Å². The smallest absolute Gasteiger partial charge is 0.278 e. The second kappa shape index (κ2) is 10.6. The molecule has 142 valence electrons. The normalized spacial score (nSPS) is 12.8. The molecule has 0 unspecified atom stereocenters. The number of hydrogen-bond acceptors (Lipinski definition) is 4. The summed E-state index contributed by atoms with van der Waals surface area (Å²) in [4.78, 5) is 0. The zero-order valence-corrected chi connectivity index (χ0v) is 16.3. The molecule has 0 radical (unpaired) electrons. The fourth-order valence-electron chi connectivity index (χ4n) is 2.49. The molecule has 0 saturated heterocycles. The molecule has 3 nitrogen and oxygen atoms in total. The predicted octanol–water partition coefficient (Wildman–Crippen LogP) is 6.33. The third-order valence-electron chi connectivity index (χ3n) is 3.76. The average molecular weight is 387 g/mol. The van der Waals surface area contributed by atoms with Crippen LogP contribution in [-0.4, -0.2) is 17.8 Å². The van der Waals surface area contributed by atoms with Crippen LogP contribution in [0.5, 0.6) is 0 Å². The lowest BCUT2D eigenvalue weighted by atomic mass is 10.0. The van der Waals surface area contributed by atoms with E-state index in [4.69, 9.17) is 0 Å². The molecular formula is C21H23F2N3S. The van der Waals surface area contributed by atoms with Crippen molar-refractivity contribution in [2.24, 2.45) is 10.2 Å². The van der Waals surface area contributed by atoms with Crippen molar-refractivity contribution < 1.29 is 8.78 Å². The van der Waals surface area contributed by atoms with Crippen molar-refractivity contribution in [3.63, 3.8) is 0 Å². The highest BCUT2D eigenvalue weighted by molar-refractivity contribution is 8.03. The van der Waals surface area contributed by atoms with Gasteiger partial charge in [0.1, 0.15) is 5.71 Å². The maximum Gasteiger partial charge on any atom is 0.278 e. The molecule has 0 fully saturated rings. The Hall–Kier alpha value is -2.47. The van der Waals surface area contributed by atoms with E-state index in [1.165, 1.54) is 11.9 Å². The molecule has 2 aromatic rings. The third kappa shape index (κ3) is 5.76. The quantitative estimate of drug-likeness (QED) is 0.520. The number of rotatable bonds is 7. The monoisotopic (exact) mass is 387 g/mol. The first-order valence-corrected chi connectivity index (χ1v) is 9.62. The van der Waals surface area contributed by atoms with E-state index < -0.39 is 6.43 Å². The van der Waals surface area contributed by atoms with E-state index in [1.54, 1.807) is 5.41 Å². The lowest BCUT2D eigenvalue weighted by Crippen LogP contribution is -2.13. The largest absolute Gasteiger partial charge is 0.308 e. The van der Waals surface area contributed by atoms with E-state index in [0.29, 0.717) is 12.3 Å². The third-order valence-corrected chi connectivity index (χ3v) is 4.50. The highest BCUT2D eigenvalue weighted by Gasteiger charge is 2.21. The molecule has 0 aliphatic carbocycles. The molecule has 0 atom stereocenters. The summed E-state index contributed by atoms with van der Waals surface area (Å²) in [6.07, 6.45) is -2.43. The minimum absolute atomic E-state index is 0.111. The molecule has 6 heteroatoms. The summed E-state index contributed by atoms with van der Waals surface area (Å²) in [6.45, 7) is 8.49. The molecule has 1 aliphatic heterocycles. The molecule has 3 rings (SSSR count). The maximum absolute atomic E-state index is 12.7. The van der Waals surface area contributed by atoms with Gasteiger partial charge in [-0.15, -0.1) is 0 Å². The molecule has 1 aliphatic rings. The Morgan fingerprint density at radius 1 is 1.07 bits per heavy atom. The molecule has 27 heavy (non-hydrogen) atoms. The van der Waals surface area contributed by atoms with Crippen molar-refractivity contribution in [1.29, 1.82) is 0 Å². The molecule has 0 amide bonds. The van der Waals surface area contributed by atoms with Crippen LogP contribution in [0.4, 0.5) is 14.5 Å². The van der Waals surface area contributed by atoms with Gasteiger partial charge in [0.15, 0.2) is 0 Å². The van der Waals surface area contributed by atoms with Crippen LogP contribution in [0, 0.1) is 0 Å². The van der Waals surface area contributed by atoms with Crippen LogP contribution in [0.1, 0.15) is 31.4 Å². The standard InChI is InChI=1S/C19H17F2N3S.C2H6/c1-2-25-24(16-6-4-3-5-7-16)13-14-8-10-15(11-9-14)17-12-18(19(20)21)23-22-17;1-2/h2-11,19H,1,12-13H2;1-2H3. The number of para-hydroxylation sites is 1. The van der Waals surface area contributed by atoms with Crippen LogP contribution in [0.15, 0.2) is 76.8 Å². The fourth-order valence-corrected chi connectivity index (χ4v) is 3.14. The number of anilines is 1. The minimum Gasteiger partial charge on any atom is -0.308 e. The zero-order valence-electron chi connectivity index (χ0n) is 15.5. The van der Waals surface area contributed by atoms with Gasteiger partial charge in [0.25, 0.3) is 6.43 Å². The molecule has 0 N–H and O–H groups in total. The van der Waals surface area contributed by atoms with Gasteiger partial charge in [0.2, 0.25) is 0 Å². The van der Waals surface area contributed by atoms with Gasteiger partial charge in [-0.25, -0.2) is 8.78 Å². The van der Waals surface area contributed by atoms with E-state index >= 15 is 0 Å². The van der Waals surface area contributed by atoms with Crippen molar-refractivity contribution in [2.45, 2.75) is 33.2 Å². The Bertz CT molecular complexity index is 787. The summed E-state index contributed by atoms with van der Waals surface area (Å²) < 4.78 is 27.4. The van der Waals surface area contributed by atoms with E-state index in [-0.39, 0.29) is 12.1 Å². The van der Waals surface area contributed by atoms with Crippen LogP contribution < -0.4 is 4.31 Å². The van der Waals surface area contributed by atoms with E-state index in [0.717, 1.165) is 16.8 Å². The topological polar surface area (TPSA) is 28.0 Å². The Balaban J connectivity index is 0.00000126. The van der Waals surface area contributed by atoms with Crippen LogP contribution >= 0.6 is 11.9 Å².